The first kappa shape index (κ1) is 32.8. The Kier molecular flexibility index (Phi) is 10.9. The quantitative estimate of drug-likeness (QED) is 0.199. The van der Waals surface area contributed by atoms with E-state index in [1.807, 2.05) is 60.4 Å². The number of likely N-dealkylation sites (tertiary alicyclic amines) is 1. The zero-order valence-corrected chi connectivity index (χ0v) is 26.2. The number of sulfonamides is 1. The van der Waals surface area contributed by atoms with Gasteiger partial charge in [0.1, 0.15) is 17.3 Å². The number of anilines is 3. The molecule has 0 spiro atoms. The van der Waals surface area contributed by atoms with Crippen molar-refractivity contribution in [3.8, 4) is 11.5 Å². The van der Waals surface area contributed by atoms with Crippen LogP contribution >= 0.6 is 12.4 Å². The van der Waals surface area contributed by atoms with Crippen LogP contribution in [-0.2, 0) is 16.6 Å². The summed E-state index contributed by atoms with van der Waals surface area (Å²) in [4.78, 5) is 17.7. The van der Waals surface area contributed by atoms with Crippen molar-refractivity contribution in [2.24, 2.45) is 0 Å². The van der Waals surface area contributed by atoms with Crippen LogP contribution in [0, 0.1) is 12.7 Å². The Labute approximate surface area is 264 Å². The predicted octanol–water partition coefficient (Wildman–Crippen LogP) is 7.42. The van der Waals surface area contributed by atoms with Crippen molar-refractivity contribution in [2.75, 3.05) is 34.3 Å². The number of aryl methyl sites for hydroxylation is 1. The molecular formula is C33H36ClFN4O4S. The molecule has 1 aliphatic rings. The average molecular weight is 639 g/mol. The third kappa shape index (κ3) is 9.19. The summed E-state index contributed by atoms with van der Waals surface area (Å²) in [6.07, 6.45) is 2.74. The van der Waals surface area contributed by atoms with Gasteiger partial charge in [-0.15, -0.1) is 12.4 Å². The molecule has 1 saturated heterocycles. The Morgan fingerprint density at radius 1 is 0.864 bits per heavy atom. The van der Waals surface area contributed by atoms with Crippen molar-refractivity contribution >= 4 is 45.5 Å². The Bertz CT molecular complexity index is 1630. The lowest BCUT2D eigenvalue weighted by Crippen LogP contribution is -2.49. The zero-order chi connectivity index (χ0) is 30.4. The zero-order valence-electron chi connectivity index (χ0n) is 24.6. The number of rotatable bonds is 9. The lowest BCUT2D eigenvalue weighted by molar-refractivity contribution is 0.199. The van der Waals surface area contributed by atoms with Gasteiger partial charge in [-0.05, 0) is 98.1 Å². The van der Waals surface area contributed by atoms with Gasteiger partial charge in [0.05, 0.1) is 6.26 Å². The molecule has 0 saturated carbocycles. The summed E-state index contributed by atoms with van der Waals surface area (Å²) < 4.78 is 44.5. The molecule has 0 bridgehead atoms. The van der Waals surface area contributed by atoms with Gasteiger partial charge in [0.2, 0.25) is 10.0 Å². The summed E-state index contributed by atoms with van der Waals surface area (Å²) in [5, 5.41) is 2.93. The van der Waals surface area contributed by atoms with Crippen molar-refractivity contribution in [2.45, 2.75) is 32.4 Å². The minimum Gasteiger partial charge on any atom is -0.457 e. The third-order valence-electron chi connectivity index (χ3n) is 7.27. The number of carbonyl (C=O) groups is 1. The van der Waals surface area contributed by atoms with E-state index in [2.05, 4.69) is 14.9 Å². The first-order valence-electron chi connectivity index (χ1n) is 14.1. The number of nitrogens with zero attached hydrogens (tertiary/aromatic N) is 2. The van der Waals surface area contributed by atoms with Crippen LogP contribution in [0.5, 0.6) is 11.5 Å². The molecular weight excluding hydrogens is 603 g/mol. The van der Waals surface area contributed by atoms with Crippen molar-refractivity contribution < 1.29 is 22.3 Å². The number of carbonyl (C=O) groups excluding carboxylic acids is 1. The maximum Gasteiger partial charge on any atom is 0.326 e. The number of benzene rings is 4. The highest BCUT2D eigenvalue weighted by Gasteiger charge is 2.29. The number of hydrogen-bond donors (Lipinski definition) is 2. The van der Waals surface area contributed by atoms with Gasteiger partial charge >= 0.3 is 6.03 Å². The molecule has 2 N–H and O–H groups in total. The van der Waals surface area contributed by atoms with E-state index < -0.39 is 10.0 Å². The summed E-state index contributed by atoms with van der Waals surface area (Å²) in [6.45, 7) is 4.47. The van der Waals surface area contributed by atoms with E-state index in [0.29, 0.717) is 22.9 Å². The molecule has 4 aromatic carbocycles. The summed E-state index contributed by atoms with van der Waals surface area (Å²) >= 11 is 0. The number of urea groups is 1. The Morgan fingerprint density at radius 3 is 1.98 bits per heavy atom. The Balaban J connectivity index is 0.00000442. The first-order valence-corrected chi connectivity index (χ1v) is 16.0. The van der Waals surface area contributed by atoms with Crippen LogP contribution < -0.4 is 19.7 Å². The third-order valence-corrected chi connectivity index (χ3v) is 7.88. The van der Waals surface area contributed by atoms with Crippen LogP contribution in [0.25, 0.3) is 0 Å². The average Bonchev–Trinajstić information content (AvgIpc) is 2.98. The molecule has 8 nitrogen and oxygen atoms in total. The largest absolute Gasteiger partial charge is 0.457 e. The summed E-state index contributed by atoms with van der Waals surface area (Å²) in [7, 11) is -3.33. The van der Waals surface area contributed by atoms with E-state index in [0.717, 1.165) is 55.5 Å². The summed E-state index contributed by atoms with van der Waals surface area (Å²) in [5.41, 5.74) is 4.14. The SMILES string of the molecule is Cc1ccc(N(C(=O)Nc2ccc(F)cc2)C2CCN(Cc3ccc(Oc4ccc(NS(C)(=O)=O)cc4)cc3)CC2)cc1.Cl. The fourth-order valence-corrected chi connectivity index (χ4v) is 5.68. The first-order chi connectivity index (χ1) is 20.6. The highest BCUT2D eigenvalue weighted by Crippen LogP contribution is 2.28. The topological polar surface area (TPSA) is 91.0 Å². The number of hydrogen-bond acceptors (Lipinski definition) is 5. The van der Waals surface area contributed by atoms with Crippen LogP contribution in [0.3, 0.4) is 0 Å². The molecule has 1 heterocycles. The lowest BCUT2D eigenvalue weighted by Gasteiger charge is -2.38. The minimum absolute atomic E-state index is 0. The Hall–Kier alpha value is -4.12. The number of halogens is 2. The van der Waals surface area contributed by atoms with Crippen molar-refractivity contribution in [3.63, 3.8) is 0 Å². The standard InChI is InChI=1S/C33H35FN4O4S.ClH/c1-24-3-13-29(14-4-24)38(33(39)35-27-9-7-26(34)8-10-27)30-19-21-37(22-20-30)23-25-5-15-31(16-6-25)42-32-17-11-28(12-18-32)36-43(2,40)41;/h3-18,30,36H,19-23H2,1-2H3,(H,35,39);1H. The van der Waals surface area contributed by atoms with Gasteiger partial charge in [0.15, 0.2) is 0 Å². The molecule has 1 aliphatic heterocycles. The normalized spacial score (nSPS) is 13.9. The van der Waals surface area contributed by atoms with Crippen molar-refractivity contribution in [1.29, 1.82) is 0 Å². The lowest BCUT2D eigenvalue weighted by atomic mass is 10.0. The molecule has 0 unspecified atom stereocenters. The molecule has 5 rings (SSSR count). The monoisotopic (exact) mass is 638 g/mol. The van der Waals surface area contributed by atoms with E-state index >= 15 is 0 Å². The van der Waals surface area contributed by atoms with E-state index in [4.69, 9.17) is 4.74 Å². The molecule has 44 heavy (non-hydrogen) atoms. The molecule has 0 aliphatic carbocycles. The summed E-state index contributed by atoms with van der Waals surface area (Å²) in [5.74, 6) is 0.946. The van der Waals surface area contributed by atoms with Gasteiger partial charge in [0, 0.05) is 42.7 Å². The van der Waals surface area contributed by atoms with Crippen molar-refractivity contribution in [3.05, 3.63) is 114 Å². The van der Waals surface area contributed by atoms with Gasteiger partial charge in [0.25, 0.3) is 0 Å². The second-order valence-corrected chi connectivity index (χ2v) is 12.5. The minimum atomic E-state index is -3.33. The van der Waals surface area contributed by atoms with E-state index in [-0.39, 0.29) is 30.3 Å². The van der Waals surface area contributed by atoms with Gasteiger partial charge in [-0.25, -0.2) is 17.6 Å². The fraction of sp³-hybridized carbons (Fsp3) is 0.242. The molecule has 1 fully saturated rings. The van der Waals surface area contributed by atoms with Gasteiger partial charge < -0.3 is 10.1 Å². The van der Waals surface area contributed by atoms with E-state index in [9.17, 15) is 17.6 Å². The van der Waals surface area contributed by atoms with Crippen LogP contribution in [-0.4, -0.2) is 44.7 Å². The molecule has 0 aromatic heterocycles. The highest BCUT2D eigenvalue weighted by atomic mass is 35.5. The molecule has 0 radical (unpaired) electrons. The smallest absolute Gasteiger partial charge is 0.326 e. The Morgan fingerprint density at radius 2 is 1.41 bits per heavy atom. The molecule has 0 atom stereocenters. The number of piperidine rings is 1. The second kappa shape index (κ2) is 14.6. The highest BCUT2D eigenvalue weighted by molar-refractivity contribution is 7.92. The number of nitrogens with one attached hydrogen (secondary N) is 2. The molecule has 232 valence electrons. The summed E-state index contributed by atoms with van der Waals surface area (Å²) in [6, 6.07) is 28.2. The van der Waals surface area contributed by atoms with Gasteiger partial charge in [-0.2, -0.15) is 0 Å². The van der Waals surface area contributed by atoms with E-state index in [1.54, 1.807) is 36.4 Å². The van der Waals surface area contributed by atoms with Crippen LogP contribution in [0.4, 0.5) is 26.2 Å². The van der Waals surface area contributed by atoms with Crippen LogP contribution in [0.15, 0.2) is 97.1 Å². The second-order valence-electron chi connectivity index (χ2n) is 10.8. The van der Waals surface area contributed by atoms with Gasteiger partial charge in [-0.3, -0.25) is 14.5 Å². The van der Waals surface area contributed by atoms with Crippen LogP contribution in [0.1, 0.15) is 24.0 Å². The van der Waals surface area contributed by atoms with E-state index in [1.165, 1.54) is 12.1 Å². The number of amides is 2. The fourth-order valence-electron chi connectivity index (χ4n) is 5.11. The van der Waals surface area contributed by atoms with Crippen LogP contribution in [0.2, 0.25) is 0 Å². The van der Waals surface area contributed by atoms with Gasteiger partial charge in [-0.1, -0.05) is 29.8 Å². The molecule has 2 amide bonds. The maximum atomic E-state index is 13.5. The maximum absolute atomic E-state index is 13.5. The van der Waals surface area contributed by atoms with Crippen molar-refractivity contribution in [1.82, 2.24) is 4.90 Å². The molecule has 4 aromatic rings. The number of ether oxygens (including phenoxy) is 1. The molecule has 11 heteroatoms. The predicted molar refractivity (Wildman–Crippen MR) is 176 cm³/mol.